The van der Waals surface area contributed by atoms with E-state index < -0.39 is 0 Å². The number of hydrogen-bond donors (Lipinski definition) is 1. The Morgan fingerprint density at radius 1 is 1.21 bits per heavy atom. The second-order valence-corrected chi connectivity index (χ2v) is 4.23. The third-order valence-electron chi connectivity index (χ3n) is 2.03. The lowest BCUT2D eigenvalue weighted by atomic mass is 10.1. The van der Waals surface area contributed by atoms with Gasteiger partial charge in [-0.3, -0.25) is 14.9 Å². The number of benzene rings is 1. The molecule has 2 rings (SSSR count). The standard InChI is InChI=1S/C10H9NO2S/c12-9-6-8(14-10(13)11-9)7-4-2-1-3-5-7/h1-5,8H,6H2,(H,11,12,13)/t8-/m0/s1. The lowest BCUT2D eigenvalue weighted by Crippen LogP contribution is -2.33. The molecular weight excluding hydrogens is 198 g/mol. The van der Waals surface area contributed by atoms with Crippen molar-refractivity contribution in [2.24, 2.45) is 0 Å². The molecule has 1 fully saturated rings. The lowest BCUT2D eigenvalue weighted by molar-refractivity contribution is -0.120. The summed E-state index contributed by atoms with van der Waals surface area (Å²) in [6.45, 7) is 0. The maximum absolute atomic E-state index is 11.1. The highest BCUT2D eigenvalue weighted by molar-refractivity contribution is 8.13. The highest BCUT2D eigenvalue weighted by atomic mass is 32.2. The Balaban J connectivity index is 2.19. The summed E-state index contributed by atoms with van der Waals surface area (Å²) in [4.78, 5) is 22.2. The van der Waals surface area contributed by atoms with E-state index in [1.807, 2.05) is 30.3 Å². The normalized spacial score (nSPS) is 21.9. The number of thioether (sulfide) groups is 1. The maximum Gasteiger partial charge on any atom is 0.286 e. The number of carbonyl (C=O) groups is 2. The van der Waals surface area contributed by atoms with E-state index in [9.17, 15) is 9.59 Å². The third-order valence-corrected chi connectivity index (χ3v) is 3.07. The Kier molecular flexibility index (Phi) is 2.54. The molecule has 1 N–H and O–H groups in total. The molecule has 72 valence electrons. The highest BCUT2D eigenvalue weighted by Crippen LogP contribution is 2.34. The largest absolute Gasteiger partial charge is 0.287 e. The molecule has 0 aromatic heterocycles. The molecular formula is C10H9NO2S. The average molecular weight is 207 g/mol. The Hall–Kier alpha value is -1.29. The van der Waals surface area contributed by atoms with Crippen LogP contribution in [-0.4, -0.2) is 11.1 Å². The van der Waals surface area contributed by atoms with Crippen LogP contribution in [0.4, 0.5) is 4.79 Å². The summed E-state index contributed by atoms with van der Waals surface area (Å²) < 4.78 is 0. The first-order valence-corrected chi connectivity index (χ1v) is 5.19. The summed E-state index contributed by atoms with van der Waals surface area (Å²) in [5.74, 6) is -0.192. The Morgan fingerprint density at radius 3 is 2.57 bits per heavy atom. The summed E-state index contributed by atoms with van der Waals surface area (Å²) in [6.07, 6.45) is 0.375. The van der Waals surface area contributed by atoms with Gasteiger partial charge in [0.1, 0.15) is 0 Å². The number of imide groups is 1. The summed E-state index contributed by atoms with van der Waals surface area (Å²) in [6, 6.07) is 9.60. The van der Waals surface area contributed by atoms with Crippen molar-refractivity contribution in [3.05, 3.63) is 35.9 Å². The quantitative estimate of drug-likeness (QED) is 0.767. The first-order valence-electron chi connectivity index (χ1n) is 4.31. The highest BCUT2D eigenvalue weighted by Gasteiger charge is 2.26. The van der Waals surface area contributed by atoms with Crippen molar-refractivity contribution in [1.82, 2.24) is 5.32 Å². The molecule has 1 atom stereocenters. The van der Waals surface area contributed by atoms with Crippen LogP contribution in [0.2, 0.25) is 0 Å². The van der Waals surface area contributed by atoms with Crippen LogP contribution in [-0.2, 0) is 4.79 Å². The minimum Gasteiger partial charge on any atom is -0.287 e. The van der Waals surface area contributed by atoms with Gasteiger partial charge in [0.05, 0.1) is 0 Å². The van der Waals surface area contributed by atoms with Crippen molar-refractivity contribution >= 4 is 22.9 Å². The van der Waals surface area contributed by atoms with Crippen LogP contribution >= 0.6 is 11.8 Å². The van der Waals surface area contributed by atoms with Gasteiger partial charge < -0.3 is 0 Å². The van der Waals surface area contributed by atoms with Crippen LogP contribution in [0.25, 0.3) is 0 Å². The fourth-order valence-corrected chi connectivity index (χ4v) is 2.35. The van der Waals surface area contributed by atoms with Gasteiger partial charge in [-0.25, -0.2) is 0 Å². The topological polar surface area (TPSA) is 46.2 Å². The predicted octanol–water partition coefficient (Wildman–Crippen LogP) is 2.10. The van der Waals surface area contributed by atoms with Crippen molar-refractivity contribution in [2.75, 3.05) is 0 Å². The molecule has 1 aliphatic rings. The summed E-state index contributed by atoms with van der Waals surface area (Å²) in [5.41, 5.74) is 1.03. The smallest absolute Gasteiger partial charge is 0.286 e. The van der Waals surface area contributed by atoms with Gasteiger partial charge in [0.25, 0.3) is 5.24 Å². The second-order valence-electron chi connectivity index (χ2n) is 3.06. The summed E-state index contributed by atoms with van der Waals surface area (Å²) in [5, 5.41) is 1.98. The number of hydrogen-bond acceptors (Lipinski definition) is 3. The molecule has 0 spiro atoms. The Labute approximate surface area is 85.9 Å². The number of amides is 2. The van der Waals surface area contributed by atoms with Crippen molar-refractivity contribution in [1.29, 1.82) is 0 Å². The molecule has 1 aromatic rings. The predicted molar refractivity (Wildman–Crippen MR) is 54.9 cm³/mol. The average Bonchev–Trinajstić information content (AvgIpc) is 2.18. The van der Waals surface area contributed by atoms with Crippen LogP contribution in [0, 0.1) is 0 Å². The fraction of sp³-hybridized carbons (Fsp3) is 0.200. The van der Waals surface area contributed by atoms with Crippen molar-refractivity contribution < 1.29 is 9.59 Å². The molecule has 0 bridgehead atoms. The first-order chi connectivity index (χ1) is 6.75. The van der Waals surface area contributed by atoms with Gasteiger partial charge in [0.2, 0.25) is 5.91 Å². The molecule has 1 heterocycles. The van der Waals surface area contributed by atoms with Gasteiger partial charge in [0.15, 0.2) is 0 Å². The van der Waals surface area contributed by atoms with E-state index in [4.69, 9.17) is 0 Å². The minimum atomic E-state index is -0.255. The molecule has 14 heavy (non-hydrogen) atoms. The lowest BCUT2D eigenvalue weighted by Gasteiger charge is -2.20. The van der Waals surface area contributed by atoms with E-state index in [1.165, 1.54) is 11.8 Å². The molecule has 0 saturated carbocycles. The molecule has 1 aliphatic heterocycles. The van der Waals surface area contributed by atoms with E-state index in [0.717, 1.165) is 5.56 Å². The van der Waals surface area contributed by atoms with Gasteiger partial charge in [-0.15, -0.1) is 0 Å². The molecule has 1 aromatic carbocycles. The number of carbonyl (C=O) groups excluding carboxylic acids is 2. The van der Waals surface area contributed by atoms with Gasteiger partial charge in [0, 0.05) is 11.7 Å². The molecule has 2 amide bonds. The fourth-order valence-electron chi connectivity index (χ4n) is 1.39. The van der Waals surface area contributed by atoms with E-state index in [2.05, 4.69) is 5.32 Å². The zero-order valence-electron chi connectivity index (χ0n) is 7.40. The summed E-state index contributed by atoms with van der Waals surface area (Å²) >= 11 is 1.17. The monoisotopic (exact) mass is 207 g/mol. The molecule has 1 saturated heterocycles. The van der Waals surface area contributed by atoms with Crippen LogP contribution in [0.1, 0.15) is 17.2 Å². The van der Waals surface area contributed by atoms with Crippen LogP contribution in [0.3, 0.4) is 0 Å². The zero-order valence-corrected chi connectivity index (χ0v) is 8.21. The van der Waals surface area contributed by atoms with Gasteiger partial charge >= 0.3 is 0 Å². The Morgan fingerprint density at radius 2 is 1.93 bits per heavy atom. The van der Waals surface area contributed by atoms with Gasteiger partial charge in [-0.2, -0.15) is 0 Å². The minimum absolute atomic E-state index is 0.0301. The van der Waals surface area contributed by atoms with E-state index >= 15 is 0 Å². The summed E-state index contributed by atoms with van der Waals surface area (Å²) in [7, 11) is 0. The van der Waals surface area contributed by atoms with E-state index in [1.54, 1.807) is 0 Å². The van der Waals surface area contributed by atoms with Crippen molar-refractivity contribution in [2.45, 2.75) is 11.7 Å². The van der Waals surface area contributed by atoms with E-state index in [-0.39, 0.29) is 16.4 Å². The molecule has 4 heteroatoms. The number of nitrogens with one attached hydrogen (secondary N) is 1. The van der Waals surface area contributed by atoms with Crippen molar-refractivity contribution in [3.8, 4) is 0 Å². The maximum atomic E-state index is 11.1. The van der Waals surface area contributed by atoms with Crippen LogP contribution < -0.4 is 5.32 Å². The van der Waals surface area contributed by atoms with Crippen LogP contribution in [0.5, 0.6) is 0 Å². The second kappa shape index (κ2) is 3.84. The Bertz CT molecular complexity index is 348. The SMILES string of the molecule is O=C1C[C@@H](c2ccccc2)SC(=O)N1. The van der Waals surface area contributed by atoms with Gasteiger partial charge in [-0.05, 0) is 5.56 Å². The molecule has 0 unspecified atom stereocenters. The van der Waals surface area contributed by atoms with E-state index in [0.29, 0.717) is 6.42 Å². The number of rotatable bonds is 1. The van der Waals surface area contributed by atoms with Gasteiger partial charge in [-0.1, -0.05) is 42.1 Å². The molecule has 3 nitrogen and oxygen atoms in total. The molecule has 0 radical (unpaired) electrons. The van der Waals surface area contributed by atoms with Crippen molar-refractivity contribution in [3.63, 3.8) is 0 Å². The zero-order chi connectivity index (χ0) is 9.97. The first kappa shape index (κ1) is 9.27. The molecule has 0 aliphatic carbocycles. The van der Waals surface area contributed by atoms with Crippen LogP contribution in [0.15, 0.2) is 30.3 Å². The third kappa shape index (κ3) is 1.96.